The summed E-state index contributed by atoms with van der Waals surface area (Å²) in [6, 6.07) is 7.57. The predicted molar refractivity (Wildman–Crippen MR) is 120 cm³/mol. The van der Waals surface area contributed by atoms with Crippen LogP contribution in [0.15, 0.2) is 24.3 Å². The van der Waals surface area contributed by atoms with Crippen molar-refractivity contribution >= 4 is 29.4 Å². The SMILES string of the molecule is CC(C)c1cccc(N2C[C@H](C(=O)NCCCN3C(=O)NC4(CCCC4)C3=O)CC2=O)c1. The highest BCUT2D eigenvalue weighted by Crippen LogP contribution is 2.35. The van der Waals surface area contributed by atoms with Crippen molar-refractivity contribution in [1.29, 1.82) is 0 Å². The maximum Gasteiger partial charge on any atom is 0.325 e. The van der Waals surface area contributed by atoms with Crippen LogP contribution in [0, 0.1) is 5.92 Å². The third-order valence-corrected chi connectivity index (χ3v) is 6.91. The Morgan fingerprint density at radius 2 is 1.97 bits per heavy atom. The van der Waals surface area contributed by atoms with Crippen LogP contribution in [-0.4, -0.2) is 53.8 Å². The smallest absolute Gasteiger partial charge is 0.325 e. The molecule has 1 aromatic carbocycles. The van der Waals surface area contributed by atoms with Crippen LogP contribution in [0.1, 0.15) is 63.9 Å². The minimum atomic E-state index is -0.694. The molecule has 2 aliphatic heterocycles. The van der Waals surface area contributed by atoms with E-state index in [4.69, 9.17) is 0 Å². The summed E-state index contributed by atoms with van der Waals surface area (Å²) < 4.78 is 0. The number of carbonyl (C=O) groups excluding carboxylic acids is 4. The summed E-state index contributed by atoms with van der Waals surface area (Å²) in [5, 5.41) is 5.74. The van der Waals surface area contributed by atoms with Crippen molar-refractivity contribution in [1.82, 2.24) is 15.5 Å². The van der Waals surface area contributed by atoms with Gasteiger partial charge in [0.1, 0.15) is 5.54 Å². The zero-order valence-corrected chi connectivity index (χ0v) is 18.9. The summed E-state index contributed by atoms with van der Waals surface area (Å²) >= 11 is 0. The van der Waals surface area contributed by atoms with Crippen molar-refractivity contribution in [2.24, 2.45) is 5.92 Å². The molecule has 4 rings (SSSR count). The van der Waals surface area contributed by atoms with Crippen molar-refractivity contribution in [3.05, 3.63) is 29.8 Å². The molecule has 1 spiro atoms. The minimum absolute atomic E-state index is 0.0488. The van der Waals surface area contributed by atoms with E-state index in [2.05, 4.69) is 24.5 Å². The van der Waals surface area contributed by atoms with Crippen LogP contribution in [0.25, 0.3) is 0 Å². The number of nitrogens with zero attached hydrogens (tertiary/aromatic N) is 2. The van der Waals surface area contributed by atoms with Gasteiger partial charge in [-0.3, -0.25) is 19.3 Å². The molecule has 2 saturated heterocycles. The van der Waals surface area contributed by atoms with Crippen molar-refractivity contribution in [3.8, 4) is 0 Å². The molecule has 0 radical (unpaired) electrons. The van der Waals surface area contributed by atoms with E-state index in [1.54, 1.807) is 4.90 Å². The number of hydrogen-bond donors (Lipinski definition) is 2. The van der Waals surface area contributed by atoms with Gasteiger partial charge < -0.3 is 15.5 Å². The van der Waals surface area contributed by atoms with Gasteiger partial charge in [0.05, 0.1) is 5.92 Å². The zero-order valence-electron chi connectivity index (χ0n) is 18.9. The van der Waals surface area contributed by atoms with Crippen LogP contribution in [0.4, 0.5) is 10.5 Å². The molecular formula is C24H32N4O4. The quantitative estimate of drug-likeness (QED) is 0.503. The fraction of sp³-hybridized carbons (Fsp3) is 0.583. The van der Waals surface area contributed by atoms with Gasteiger partial charge in [-0.2, -0.15) is 0 Å². The second kappa shape index (κ2) is 8.92. The molecule has 2 N–H and O–H groups in total. The monoisotopic (exact) mass is 440 g/mol. The lowest BCUT2D eigenvalue weighted by atomic mass is 9.98. The fourth-order valence-corrected chi connectivity index (χ4v) is 4.97. The van der Waals surface area contributed by atoms with Crippen LogP contribution in [0.5, 0.6) is 0 Å². The summed E-state index contributed by atoms with van der Waals surface area (Å²) in [6.07, 6.45) is 3.99. The van der Waals surface area contributed by atoms with E-state index in [1.165, 1.54) is 4.90 Å². The van der Waals surface area contributed by atoms with E-state index < -0.39 is 11.5 Å². The zero-order chi connectivity index (χ0) is 22.9. The standard InChI is InChI=1S/C24H32N4O4/c1-16(2)17-7-5-8-19(13-17)28-15-18(14-20(28)29)21(30)25-11-6-12-27-22(31)24(26-23(27)32)9-3-4-10-24/h5,7-8,13,16,18H,3-4,6,9-12,14-15H2,1-2H3,(H,25,30)(H,26,32)/t18-/m1/s1. The lowest BCUT2D eigenvalue weighted by molar-refractivity contribution is -0.131. The van der Waals surface area contributed by atoms with Gasteiger partial charge in [-0.05, 0) is 42.9 Å². The van der Waals surface area contributed by atoms with Crippen molar-refractivity contribution < 1.29 is 19.2 Å². The van der Waals surface area contributed by atoms with Gasteiger partial charge in [-0.25, -0.2) is 4.79 Å². The maximum absolute atomic E-state index is 12.7. The largest absolute Gasteiger partial charge is 0.356 e. The number of rotatable bonds is 7. The normalized spacial score (nSPS) is 22.3. The van der Waals surface area contributed by atoms with Crippen LogP contribution in [-0.2, 0) is 14.4 Å². The summed E-state index contributed by atoms with van der Waals surface area (Å²) in [4.78, 5) is 53.0. The number of carbonyl (C=O) groups is 4. The van der Waals surface area contributed by atoms with Gasteiger partial charge in [0.25, 0.3) is 5.91 Å². The lowest BCUT2D eigenvalue weighted by Crippen LogP contribution is -2.44. The van der Waals surface area contributed by atoms with Crippen molar-refractivity contribution in [2.75, 3.05) is 24.5 Å². The van der Waals surface area contributed by atoms with E-state index in [1.807, 2.05) is 24.3 Å². The molecule has 1 atom stereocenters. The molecule has 3 aliphatic rings. The molecule has 3 fully saturated rings. The van der Waals surface area contributed by atoms with Gasteiger partial charge in [0, 0.05) is 31.7 Å². The van der Waals surface area contributed by atoms with Crippen LogP contribution < -0.4 is 15.5 Å². The Morgan fingerprint density at radius 3 is 2.69 bits per heavy atom. The Kier molecular flexibility index (Phi) is 6.22. The Balaban J connectivity index is 1.25. The first-order valence-corrected chi connectivity index (χ1v) is 11.6. The fourth-order valence-electron chi connectivity index (χ4n) is 4.97. The molecule has 1 aliphatic carbocycles. The number of benzene rings is 1. The third-order valence-electron chi connectivity index (χ3n) is 6.91. The molecule has 8 nitrogen and oxygen atoms in total. The van der Waals surface area contributed by atoms with Crippen molar-refractivity contribution in [2.45, 2.75) is 63.8 Å². The Bertz CT molecular complexity index is 922. The highest BCUT2D eigenvalue weighted by atomic mass is 16.2. The molecule has 32 heavy (non-hydrogen) atoms. The van der Waals surface area contributed by atoms with Gasteiger partial charge in [-0.15, -0.1) is 0 Å². The highest BCUT2D eigenvalue weighted by molar-refractivity contribution is 6.07. The first-order chi connectivity index (χ1) is 15.3. The van der Waals surface area contributed by atoms with Crippen LogP contribution in [0.3, 0.4) is 0 Å². The van der Waals surface area contributed by atoms with E-state index in [0.29, 0.717) is 38.3 Å². The molecule has 2 heterocycles. The minimum Gasteiger partial charge on any atom is -0.356 e. The average molecular weight is 441 g/mol. The van der Waals surface area contributed by atoms with Gasteiger partial charge in [0.2, 0.25) is 11.8 Å². The van der Waals surface area contributed by atoms with E-state index in [0.717, 1.165) is 24.1 Å². The predicted octanol–water partition coefficient (Wildman–Crippen LogP) is 2.53. The van der Waals surface area contributed by atoms with E-state index >= 15 is 0 Å². The van der Waals surface area contributed by atoms with Gasteiger partial charge in [-0.1, -0.05) is 38.8 Å². The van der Waals surface area contributed by atoms with Gasteiger partial charge >= 0.3 is 6.03 Å². The molecule has 8 heteroatoms. The molecule has 1 saturated carbocycles. The lowest BCUT2D eigenvalue weighted by Gasteiger charge is -2.20. The first-order valence-electron chi connectivity index (χ1n) is 11.6. The molecule has 1 aromatic rings. The molecule has 5 amide bonds. The highest BCUT2D eigenvalue weighted by Gasteiger charge is 2.52. The second-order valence-electron chi connectivity index (χ2n) is 9.48. The summed E-state index contributed by atoms with van der Waals surface area (Å²) in [5.74, 6) is -0.381. The average Bonchev–Trinajstić information content (AvgIpc) is 3.45. The molecular weight excluding hydrogens is 408 g/mol. The van der Waals surface area contributed by atoms with Crippen molar-refractivity contribution in [3.63, 3.8) is 0 Å². The topological polar surface area (TPSA) is 98.8 Å². The van der Waals surface area contributed by atoms with Gasteiger partial charge in [0.15, 0.2) is 0 Å². The summed E-state index contributed by atoms with van der Waals surface area (Å²) in [5.41, 5.74) is 1.29. The molecule has 172 valence electrons. The molecule has 0 aromatic heterocycles. The molecule has 0 unspecified atom stereocenters. The maximum atomic E-state index is 12.7. The Hall–Kier alpha value is -2.90. The third kappa shape index (κ3) is 4.23. The number of urea groups is 1. The summed E-state index contributed by atoms with van der Waals surface area (Å²) in [7, 11) is 0. The number of anilines is 1. The Morgan fingerprint density at radius 1 is 1.22 bits per heavy atom. The summed E-state index contributed by atoms with van der Waals surface area (Å²) in [6.45, 7) is 5.21. The first kappa shape index (κ1) is 22.3. The number of nitrogens with one attached hydrogen (secondary N) is 2. The second-order valence-corrected chi connectivity index (χ2v) is 9.48. The Labute approximate surface area is 188 Å². The number of hydrogen-bond acceptors (Lipinski definition) is 4. The molecule has 0 bridgehead atoms. The number of amides is 5. The van der Waals surface area contributed by atoms with Crippen LogP contribution >= 0.6 is 0 Å². The van der Waals surface area contributed by atoms with E-state index in [-0.39, 0.29) is 36.7 Å². The van der Waals surface area contributed by atoms with Crippen LogP contribution in [0.2, 0.25) is 0 Å². The van der Waals surface area contributed by atoms with E-state index in [9.17, 15) is 19.2 Å². The number of imide groups is 1.